The third-order valence-electron chi connectivity index (χ3n) is 5.02. The maximum Gasteiger partial charge on any atom is 0.260 e. The van der Waals surface area contributed by atoms with Crippen molar-refractivity contribution in [2.24, 2.45) is 0 Å². The highest BCUT2D eigenvalue weighted by Gasteiger charge is 2.17. The summed E-state index contributed by atoms with van der Waals surface area (Å²) in [6, 6.07) is 15.8. The smallest absolute Gasteiger partial charge is 0.260 e. The van der Waals surface area contributed by atoms with Crippen LogP contribution in [0.15, 0.2) is 58.7 Å². The maximum atomic E-state index is 12.8. The highest BCUT2D eigenvalue weighted by molar-refractivity contribution is 7.17. The van der Waals surface area contributed by atoms with Crippen LogP contribution in [0.4, 0.5) is 0 Å². The molecule has 4 aromatic rings. The van der Waals surface area contributed by atoms with E-state index in [-0.39, 0.29) is 5.56 Å². The van der Waals surface area contributed by atoms with Crippen LogP contribution in [0.5, 0.6) is 11.5 Å². The molecule has 1 unspecified atom stereocenters. The van der Waals surface area contributed by atoms with Crippen molar-refractivity contribution in [2.75, 3.05) is 21.3 Å². The van der Waals surface area contributed by atoms with Crippen LogP contribution in [0, 0.1) is 0 Å². The van der Waals surface area contributed by atoms with Gasteiger partial charge in [-0.2, -0.15) is 0 Å². The maximum absolute atomic E-state index is 12.8. The van der Waals surface area contributed by atoms with Crippen LogP contribution in [0.3, 0.4) is 0 Å². The average Bonchev–Trinajstić information content (AvgIpc) is 3.18. The van der Waals surface area contributed by atoms with Crippen molar-refractivity contribution >= 4 is 21.6 Å². The van der Waals surface area contributed by atoms with Crippen molar-refractivity contribution < 1.29 is 14.4 Å². The van der Waals surface area contributed by atoms with Crippen LogP contribution in [-0.4, -0.2) is 31.2 Å². The fourth-order valence-electron chi connectivity index (χ4n) is 3.67. The monoisotopic (exact) mass is 422 g/mol. The van der Waals surface area contributed by atoms with Crippen molar-refractivity contribution in [3.05, 3.63) is 75.7 Å². The highest BCUT2D eigenvalue weighted by Crippen LogP contribution is 2.31. The van der Waals surface area contributed by atoms with Gasteiger partial charge in [-0.3, -0.25) is 4.79 Å². The van der Waals surface area contributed by atoms with Gasteiger partial charge in [0.15, 0.2) is 17.3 Å². The first-order chi connectivity index (χ1) is 14.6. The van der Waals surface area contributed by atoms with E-state index >= 15 is 0 Å². The molecule has 0 spiro atoms. The van der Waals surface area contributed by atoms with E-state index in [2.05, 4.69) is 12.0 Å². The van der Waals surface area contributed by atoms with E-state index in [4.69, 9.17) is 14.5 Å². The predicted molar refractivity (Wildman–Crippen MR) is 120 cm³/mol. The van der Waals surface area contributed by atoms with Crippen molar-refractivity contribution in [2.45, 2.75) is 13.1 Å². The minimum atomic E-state index is -0.0955. The predicted octanol–water partition coefficient (Wildman–Crippen LogP) is 2.88. The van der Waals surface area contributed by atoms with Gasteiger partial charge in [0.1, 0.15) is 17.9 Å². The van der Waals surface area contributed by atoms with E-state index in [9.17, 15) is 4.79 Å². The van der Waals surface area contributed by atoms with Gasteiger partial charge in [0.25, 0.3) is 5.56 Å². The Morgan fingerprint density at radius 2 is 1.83 bits per heavy atom. The van der Waals surface area contributed by atoms with Gasteiger partial charge < -0.3 is 19.4 Å². The Bertz CT molecular complexity index is 1220. The van der Waals surface area contributed by atoms with E-state index in [0.29, 0.717) is 30.0 Å². The van der Waals surface area contributed by atoms with Crippen LogP contribution >= 0.6 is 11.3 Å². The van der Waals surface area contributed by atoms with E-state index in [1.54, 1.807) is 14.2 Å². The zero-order valence-electron chi connectivity index (χ0n) is 17.2. The van der Waals surface area contributed by atoms with Crippen LogP contribution < -0.4 is 19.9 Å². The number of thiophene rings is 1. The fraction of sp³-hybridized carbons (Fsp3) is 0.217. The average molecular weight is 423 g/mol. The second-order valence-corrected chi connectivity index (χ2v) is 8.03. The molecule has 2 heterocycles. The SMILES string of the molecule is COc1cccc(C[NH+](C)Cc2nc3scc(-c4ccccc4)c3c(=O)[nH]2)c1OC. The lowest BCUT2D eigenvalue weighted by molar-refractivity contribution is -0.908. The lowest BCUT2D eigenvalue weighted by Gasteiger charge is -2.17. The molecular formula is C23H24N3O3S+. The highest BCUT2D eigenvalue weighted by atomic mass is 32.1. The second kappa shape index (κ2) is 8.69. The first-order valence-electron chi connectivity index (χ1n) is 9.67. The van der Waals surface area contributed by atoms with Crippen molar-refractivity contribution in [1.82, 2.24) is 9.97 Å². The Kier molecular flexibility index (Phi) is 5.83. The molecule has 2 aromatic heterocycles. The number of aromatic amines is 1. The third-order valence-corrected chi connectivity index (χ3v) is 5.90. The number of nitrogens with one attached hydrogen (secondary N) is 2. The number of H-pyrrole nitrogens is 1. The standard InChI is InChI=1S/C23H23N3O3S/c1-26(12-16-10-7-11-18(28-2)21(16)29-3)13-19-24-22(27)20-17(14-30-23(20)25-19)15-8-5-4-6-9-15/h4-11,14H,12-13H2,1-3H3,(H,24,25,27)/p+1. The lowest BCUT2D eigenvalue weighted by Crippen LogP contribution is -3.06. The molecule has 4 rings (SSSR count). The fourth-order valence-corrected chi connectivity index (χ4v) is 4.64. The van der Waals surface area contributed by atoms with Gasteiger partial charge in [0, 0.05) is 10.9 Å². The molecule has 0 amide bonds. The molecule has 0 radical (unpaired) electrons. The molecule has 0 saturated heterocycles. The van der Waals surface area contributed by atoms with Crippen molar-refractivity contribution in [3.8, 4) is 22.6 Å². The molecule has 0 aliphatic carbocycles. The Balaban J connectivity index is 1.59. The summed E-state index contributed by atoms with van der Waals surface area (Å²) in [6.45, 7) is 1.30. The Labute approximate surface area is 178 Å². The van der Waals surface area contributed by atoms with Gasteiger partial charge >= 0.3 is 0 Å². The number of hydrogen-bond donors (Lipinski definition) is 2. The molecule has 6 nitrogen and oxygen atoms in total. The molecule has 2 N–H and O–H groups in total. The van der Waals surface area contributed by atoms with Gasteiger partial charge in [-0.25, -0.2) is 4.98 Å². The lowest BCUT2D eigenvalue weighted by atomic mass is 10.1. The van der Waals surface area contributed by atoms with E-state index in [0.717, 1.165) is 27.3 Å². The number of methoxy groups -OCH3 is 2. The molecule has 7 heteroatoms. The van der Waals surface area contributed by atoms with Gasteiger partial charge in [-0.05, 0) is 17.7 Å². The minimum Gasteiger partial charge on any atom is -0.493 e. The number of fused-ring (bicyclic) bond motifs is 1. The molecule has 0 fully saturated rings. The van der Waals surface area contributed by atoms with Crippen LogP contribution in [0.2, 0.25) is 0 Å². The summed E-state index contributed by atoms with van der Waals surface area (Å²) in [6.07, 6.45) is 0. The first-order valence-corrected chi connectivity index (χ1v) is 10.6. The van der Waals surface area contributed by atoms with Crippen LogP contribution in [0.25, 0.3) is 21.3 Å². The molecule has 0 aliphatic rings. The van der Waals surface area contributed by atoms with Gasteiger partial charge in [-0.1, -0.05) is 36.4 Å². The molecule has 154 valence electrons. The largest absolute Gasteiger partial charge is 0.493 e. The Morgan fingerprint density at radius 3 is 2.57 bits per heavy atom. The Morgan fingerprint density at radius 1 is 1.03 bits per heavy atom. The van der Waals surface area contributed by atoms with Crippen molar-refractivity contribution in [3.63, 3.8) is 0 Å². The first kappa shape index (κ1) is 20.1. The zero-order valence-corrected chi connectivity index (χ0v) is 18.0. The molecular weight excluding hydrogens is 398 g/mol. The summed E-state index contributed by atoms with van der Waals surface area (Å²) >= 11 is 1.50. The molecule has 0 bridgehead atoms. The van der Waals surface area contributed by atoms with Gasteiger partial charge in [-0.15, -0.1) is 11.3 Å². The van der Waals surface area contributed by atoms with Crippen LogP contribution in [-0.2, 0) is 13.1 Å². The van der Waals surface area contributed by atoms with Gasteiger partial charge in [0.2, 0.25) is 0 Å². The molecule has 2 aromatic carbocycles. The molecule has 0 saturated carbocycles. The number of aromatic nitrogens is 2. The molecule has 1 atom stereocenters. The summed E-state index contributed by atoms with van der Waals surface area (Å²) < 4.78 is 10.9. The zero-order chi connectivity index (χ0) is 21.1. The molecule has 30 heavy (non-hydrogen) atoms. The number of nitrogens with zero attached hydrogens (tertiary/aromatic N) is 1. The quantitative estimate of drug-likeness (QED) is 0.481. The van der Waals surface area contributed by atoms with Crippen LogP contribution in [0.1, 0.15) is 11.4 Å². The minimum absolute atomic E-state index is 0.0955. The normalized spacial score (nSPS) is 12.1. The summed E-state index contributed by atoms with van der Waals surface area (Å²) in [4.78, 5) is 22.5. The van der Waals surface area contributed by atoms with E-state index in [1.807, 2.05) is 53.9 Å². The number of hydrogen-bond acceptors (Lipinski definition) is 5. The summed E-state index contributed by atoms with van der Waals surface area (Å²) in [5.74, 6) is 2.12. The second-order valence-electron chi connectivity index (χ2n) is 7.17. The summed E-state index contributed by atoms with van der Waals surface area (Å²) in [5.41, 5.74) is 2.90. The Hall–Kier alpha value is -3.16. The number of ether oxygens (including phenoxy) is 2. The number of rotatable bonds is 7. The molecule has 0 aliphatic heterocycles. The van der Waals surface area contributed by atoms with Gasteiger partial charge in [0.05, 0.1) is 32.2 Å². The third kappa shape index (κ3) is 3.94. The van der Waals surface area contributed by atoms with E-state index in [1.165, 1.54) is 16.2 Å². The summed E-state index contributed by atoms with van der Waals surface area (Å²) in [5, 5.41) is 2.66. The number of quaternary nitrogens is 1. The van der Waals surface area contributed by atoms with E-state index < -0.39 is 0 Å². The summed E-state index contributed by atoms with van der Waals surface area (Å²) in [7, 11) is 5.34. The number of benzene rings is 2. The topological polar surface area (TPSA) is 68.7 Å². The van der Waals surface area contributed by atoms with Crippen molar-refractivity contribution in [1.29, 1.82) is 0 Å². The number of para-hydroxylation sites is 1.